The van der Waals surface area contributed by atoms with Gasteiger partial charge in [-0.25, -0.2) is 0 Å². The van der Waals surface area contributed by atoms with Crippen molar-refractivity contribution < 1.29 is 9.53 Å². The number of ether oxygens (including phenoxy) is 1. The second kappa shape index (κ2) is 8.42. The van der Waals surface area contributed by atoms with E-state index in [-0.39, 0.29) is 5.78 Å². The SMILES string of the molecule is CCCCCOc1ccc(/C=C/C(=O)c2cccs2)cc1. The highest BCUT2D eigenvalue weighted by Gasteiger charge is 2.01. The average molecular weight is 300 g/mol. The van der Waals surface area contributed by atoms with Crippen LogP contribution in [0, 0.1) is 0 Å². The van der Waals surface area contributed by atoms with Crippen LogP contribution in [0.3, 0.4) is 0 Å². The summed E-state index contributed by atoms with van der Waals surface area (Å²) in [6.07, 6.45) is 6.94. The first-order valence-electron chi connectivity index (χ1n) is 7.28. The van der Waals surface area contributed by atoms with Gasteiger partial charge in [-0.2, -0.15) is 0 Å². The first-order chi connectivity index (χ1) is 10.3. The number of rotatable bonds is 8. The van der Waals surface area contributed by atoms with Crippen LogP contribution in [0.4, 0.5) is 0 Å². The topological polar surface area (TPSA) is 26.3 Å². The van der Waals surface area contributed by atoms with Gasteiger partial charge in [0, 0.05) is 0 Å². The molecule has 110 valence electrons. The minimum absolute atomic E-state index is 0.0462. The van der Waals surface area contributed by atoms with Crippen LogP contribution < -0.4 is 4.74 Å². The lowest BCUT2D eigenvalue weighted by molar-refractivity contribution is 0.105. The molecule has 1 aromatic heterocycles. The Morgan fingerprint density at radius 2 is 2.00 bits per heavy atom. The highest BCUT2D eigenvalue weighted by atomic mass is 32.1. The molecule has 2 aromatic rings. The molecule has 0 spiro atoms. The fraction of sp³-hybridized carbons (Fsp3) is 0.278. The van der Waals surface area contributed by atoms with Gasteiger partial charge in [-0.05, 0) is 41.6 Å². The van der Waals surface area contributed by atoms with E-state index in [9.17, 15) is 4.79 Å². The zero-order valence-corrected chi connectivity index (χ0v) is 13.1. The van der Waals surface area contributed by atoms with Gasteiger partial charge in [0.25, 0.3) is 0 Å². The van der Waals surface area contributed by atoms with Crippen molar-refractivity contribution in [2.75, 3.05) is 6.61 Å². The van der Waals surface area contributed by atoms with E-state index in [0.29, 0.717) is 0 Å². The van der Waals surface area contributed by atoms with Gasteiger partial charge in [-0.1, -0.05) is 44.0 Å². The monoisotopic (exact) mass is 300 g/mol. The Kier molecular flexibility index (Phi) is 6.22. The molecule has 0 fully saturated rings. The van der Waals surface area contributed by atoms with Crippen molar-refractivity contribution in [1.82, 2.24) is 0 Å². The van der Waals surface area contributed by atoms with Crippen LogP contribution >= 0.6 is 11.3 Å². The third-order valence-corrected chi connectivity index (χ3v) is 3.97. The van der Waals surface area contributed by atoms with Crippen molar-refractivity contribution in [2.24, 2.45) is 0 Å². The van der Waals surface area contributed by atoms with Crippen molar-refractivity contribution in [2.45, 2.75) is 26.2 Å². The number of hydrogen-bond acceptors (Lipinski definition) is 3. The molecule has 1 aromatic carbocycles. The summed E-state index contributed by atoms with van der Waals surface area (Å²) in [6, 6.07) is 11.5. The molecule has 1 heterocycles. The molecule has 0 aliphatic rings. The normalized spacial score (nSPS) is 10.9. The zero-order valence-electron chi connectivity index (χ0n) is 12.2. The minimum Gasteiger partial charge on any atom is -0.494 e. The van der Waals surface area contributed by atoms with Crippen LogP contribution in [0.5, 0.6) is 5.75 Å². The maximum absolute atomic E-state index is 11.8. The highest BCUT2D eigenvalue weighted by molar-refractivity contribution is 7.12. The summed E-state index contributed by atoms with van der Waals surface area (Å²) < 4.78 is 5.66. The summed E-state index contributed by atoms with van der Waals surface area (Å²) in [6.45, 7) is 2.94. The third-order valence-electron chi connectivity index (χ3n) is 3.09. The van der Waals surface area contributed by atoms with Crippen LogP contribution in [-0.4, -0.2) is 12.4 Å². The molecule has 0 unspecified atom stereocenters. The van der Waals surface area contributed by atoms with E-state index >= 15 is 0 Å². The zero-order chi connectivity index (χ0) is 14.9. The molecule has 3 heteroatoms. The number of carbonyl (C=O) groups excluding carboxylic acids is 1. The highest BCUT2D eigenvalue weighted by Crippen LogP contribution is 2.15. The second-order valence-corrected chi connectivity index (χ2v) is 5.75. The molecular formula is C18H20O2S. The maximum atomic E-state index is 11.8. The van der Waals surface area contributed by atoms with Gasteiger partial charge >= 0.3 is 0 Å². The Bertz CT molecular complexity index is 568. The van der Waals surface area contributed by atoms with E-state index in [1.54, 1.807) is 6.08 Å². The summed E-state index contributed by atoms with van der Waals surface area (Å²) in [5.74, 6) is 0.928. The first-order valence-corrected chi connectivity index (χ1v) is 8.16. The molecule has 0 amide bonds. The molecule has 0 N–H and O–H groups in total. The van der Waals surface area contributed by atoms with Crippen LogP contribution in [-0.2, 0) is 0 Å². The lowest BCUT2D eigenvalue weighted by Crippen LogP contribution is -1.96. The Morgan fingerprint density at radius 1 is 1.19 bits per heavy atom. The quantitative estimate of drug-likeness (QED) is 0.380. The van der Waals surface area contributed by atoms with Gasteiger partial charge in [0.15, 0.2) is 5.78 Å². The van der Waals surface area contributed by atoms with Crippen molar-refractivity contribution in [3.05, 3.63) is 58.3 Å². The number of unbranched alkanes of at least 4 members (excludes halogenated alkanes) is 2. The Hall–Kier alpha value is -1.87. The Morgan fingerprint density at radius 3 is 2.67 bits per heavy atom. The van der Waals surface area contributed by atoms with E-state index in [4.69, 9.17) is 4.74 Å². The molecule has 21 heavy (non-hydrogen) atoms. The van der Waals surface area contributed by atoms with Crippen LogP contribution in [0.15, 0.2) is 47.9 Å². The van der Waals surface area contributed by atoms with E-state index in [1.165, 1.54) is 24.2 Å². The lowest BCUT2D eigenvalue weighted by Gasteiger charge is -2.05. The number of carbonyl (C=O) groups is 1. The predicted octanol–water partition coefficient (Wildman–Crippen LogP) is 5.21. The Balaban J connectivity index is 1.86. The van der Waals surface area contributed by atoms with E-state index in [2.05, 4.69) is 6.92 Å². The van der Waals surface area contributed by atoms with E-state index in [0.717, 1.165) is 29.2 Å². The minimum atomic E-state index is 0.0462. The van der Waals surface area contributed by atoms with Crippen LogP contribution in [0.2, 0.25) is 0 Å². The largest absolute Gasteiger partial charge is 0.494 e. The van der Waals surface area contributed by atoms with Gasteiger partial charge in [0.05, 0.1) is 11.5 Å². The molecular weight excluding hydrogens is 280 g/mol. The summed E-state index contributed by atoms with van der Waals surface area (Å²) in [5.41, 5.74) is 1.00. The summed E-state index contributed by atoms with van der Waals surface area (Å²) in [7, 11) is 0. The smallest absolute Gasteiger partial charge is 0.195 e. The molecule has 0 bridgehead atoms. The summed E-state index contributed by atoms with van der Waals surface area (Å²) in [4.78, 5) is 12.6. The van der Waals surface area contributed by atoms with Gasteiger partial charge in [0.2, 0.25) is 0 Å². The Labute approximate surface area is 130 Å². The molecule has 0 saturated heterocycles. The number of ketones is 1. The molecule has 2 rings (SSSR count). The standard InChI is InChI=1S/C18H20O2S/c1-2-3-4-13-20-16-10-7-15(8-11-16)9-12-17(19)18-6-5-14-21-18/h5-12,14H,2-4,13H2,1H3/b12-9+. The van der Waals surface area contributed by atoms with Crippen LogP contribution in [0.25, 0.3) is 6.08 Å². The summed E-state index contributed by atoms with van der Waals surface area (Å²) >= 11 is 1.46. The van der Waals surface area contributed by atoms with Crippen molar-refractivity contribution in [1.29, 1.82) is 0 Å². The number of allylic oxidation sites excluding steroid dienone is 1. The third kappa shape index (κ3) is 5.20. The summed E-state index contributed by atoms with van der Waals surface area (Å²) in [5, 5.41) is 1.91. The van der Waals surface area contributed by atoms with Crippen molar-refractivity contribution >= 4 is 23.2 Å². The lowest BCUT2D eigenvalue weighted by atomic mass is 10.2. The van der Waals surface area contributed by atoms with Gasteiger partial charge in [-0.15, -0.1) is 11.3 Å². The molecule has 0 saturated carbocycles. The second-order valence-electron chi connectivity index (χ2n) is 4.80. The first kappa shape index (κ1) is 15.5. The fourth-order valence-electron chi connectivity index (χ4n) is 1.89. The van der Waals surface area contributed by atoms with Crippen molar-refractivity contribution in [3.63, 3.8) is 0 Å². The molecule has 0 aliphatic carbocycles. The number of thiophene rings is 1. The van der Waals surface area contributed by atoms with Gasteiger partial charge in [0.1, 0.15) is 5.75 Å². The van der Waals surface area contributed by atoms with E-state index < -0.39 is 0 Å². The van der Waals surface area contributed by atoms with Gasteiger partial charge < -0.3 is 4.74 Å². The van der Waals surface area contributed by atoms with Gasteiger partial charge in [-0.3, -0.25) is 4.79 Å². The van der Waals surface area contributed by atoms with Crippen LogP contribution in [0.1, 0.15) is 41.4 Å². The molecule has 0 radical (unpaired) electrons. The predicted molar refractivity (Wildman–Crippen MR) is 89.1 cm³/mol. The molecule has 2 nitrogen and oxygen atoms in total. The average Bonchev–Trinajstić information content (AvgIpc) is 3.05. The molecule has 0 atom stereocenters. The number of hydrogen-bond donors (Lipinski definition) is 0. The van der Waals surface area contributed by atoms with Crippen molar-refractivity contribution in [3.8, 4) is 5.75 Å². The fourth-order valence-corrected chi connectivity index (χ4v) is 2.54. The number of benzene rings is 1. The molecule has 0 aliphatic heterocycles. The maximum Gasteiger partial charge on any atom is 0.195 e. The van der Waals surface area contributed by atoms with E-state index in [1.807, 2.05) is 47.9 Å².